The van der Waals surface area contributed by atoms with Crippen LogP contribution in [0.15, 0.2) is 54.7 Å². The summed E-state index contributed by atoms with van der Waals surface area (Å²) in [6, 6.07) is 13.9. The number of carbonyl (C=O) groups excluding carboxylic acids is 1. The maximum atomic E-state index is 12.4. The molecule has 0 saturated heterocycles. The van der Waals surface area contributed by atoms with Gasteiger partial charge >= 0.3 is 0 Å². The molecule has 7 heteroatoms. The van der Waals surface area contributed by atoms with Crippen molar-refractivity contribution < 1.29 is 4.79 Å². The van der Waals surface area contributed by atoms with Crippen molar-refractivity contribution in [2.24, 2.45) is 0 Å². The predicted octanol–water partition coefficient (Wildman–Crippen LogP) is 2.41. The van der Waals surface area contributed by atoms with Crippen LogP contribution < -0.4 is 16.4 Å². The van der Waals surface area contributed by atoms with E-state index in [2.05, 4.69) is 25.6 Å². The number of hydrogen-bond acceptors (Lipinski definition) is 6. The topological polar surface area (TPSA) is 106 Å². The molecule has 0 unspecified atom stereocenters. The van der Waals surface area contributed by atoms with Crippen LogP contribution in [0, 0.1) is 0 Å². The summed E-state index contributed by atoms with van der Waals surface area (Å²) in [7, 11) is 1.71. The van der Waals surface area contributed by atoms with E-state index in [4.69, 9.17) is 5.73 Å². The number of nitrogens with zero attached hydrogens (tertiary/aromatic N) is 3. The Morgan fingerprint density at radius 3 is 2.62 bits per heavy atom. The second-order valence-corrected chi connectivity index (χ2v) is 5.01. The smallest absolute Gasteiger partial charge is 0.256 e. The Bertz CT molecular complexity index is 866. The molecular formula is C17H16N6O. The highest BCUT2D eigenvalue weighted by atomic mass is 16.1. The molecule has 0 radical (unpaired) electrons. The number of nitrogen functional groups attached to an aromatic ring is 1. The van der Waals surface area contributed by atoms with Crippen molar-refractivity contribution in [1.82, 2.24) is 15.0 Å². The van der Waals surface area contributed by atoms with Gasteiger partial charge in [-0.05, 0) is 30.3 Å². The van der Waals surface area contributed by atoms with Gasteiger partial charge in [0.05, 0.1) is 11.4 Å². The average Bonchev–Trinajstić information content (AvgIpc) is 2.62. The standard InChI is InChI=1S/C17H16N6O/c1-19-17-21-14(13-7-2-3-8-20-13)10-15(23-17)22-16(24)11-5-4-6-12(18)9-11/h2-10H,18H2,1H3,(H2,19,21,22,23,24). The molecule has 0 aliphatic rings. The first-order valence-electron chi connectivity index (χ1n) is 7.31. The number of carbonyl (C=O) groups is 1. The summed E-state index contributed by atoms with van der Waals surface area (Å²) in [5, 5.41) is 5.64. The molecule has 2 heterocycles. The van der Waals surface area contributed by atoms with Crippen LogP contribution in [-0.2, 0) is 0 Å². The molecular weight excluding hydrogens is 304 g/mol. The number of amides is 1. The van der Waals surface area contributed by atoms with Crippen molar-refractivity contribution in [3.05, 3.63) is 60.3 Å². The molecule has 0 spiro atoms. The Hall–Kier alpha value is -3.48. The summed E-state index contributed by atoms with van der Waals surface area (Å²) in [4.78, 5) is 25.2. The number of hydrogen-bond donors (Lipinski definition) is 3. The Balaban J connectivity index is 1.92. The number of nitrogens with one attached hydrogen (secondary N) is 2. The lowest BCUT2D eigenvalue weighted by atomic mass is 10.2. The lowest BCUT2D eigenvalue weighted by Crippen LogP contribution is -2.14. The highest BCUT2D eigenvalue weighted by molar-refractivity contribution is 6.04. The minimum absolute atomic E-state index is 0.296. The van der Waals surface area contributed by atoms with Crippen LogP contribution in [0.1, 0.15) is 10.4 Å². The molecule has 1 aromatic carbocycles. The van der Waals surface area contributed by atoms with Gasteiger partial charge in [0.1, 0.15) is 5.82 Å². The van der Waals surface area contributed by atoms with E-state index in [0.717, 1.165) is 0 Å². The van der Waals surface area contributed by atoms with Gasteiger partial charge in [0, 0.05) is 30.6 Å². The first kappa shape index (κ1) is 15.4. The molecule has 7 nitrogen and oxygen atoms in total. The van der Waals surface area contributed by atoms with Crippen LogP contribution in [0.5, 0.6) is 0 Å². The SMILES string of the molecule is CNc1nc(NC(=O)c2cccc(N)c2)cc(-c2ccccn2)n1. The summed E-state index contributed by atoms with van der Waals surface area (Å²) in [6.07, 6.45) is 1.68. The van der Waals surface area contributed by atoms with E-state index in [1.54, 1.807) is 43.6 Å². The fourth-order valence-corrected chi connectivity index (χ4v) is 2.14. The number of anilines is 3. The van der Waals surface area contributed by atoms with Gasteiger partial charge < -0.3 is 16.4 Å². The first-order valence-corrected chi connectivity index (χ1v) is 7.31. The summed E-state index contributed by atoms with van der Waals surface area (Å²) >= 11 is 0. The van der Waals surface area contributed by atoms with Gasteiger partial charge in [0.2, 0.25) is 5.95 Å². The second kappa shape index (κ2) is 6.74. The zero-order valence-corrected chi connectivity index (χ0v) is 13.0. The highest BCUT2D eigenvalue weighted by Crippen LogP contribution is 2.20. The molecule has 0 atom stereocenters. The number of aromatic nitrogens is 3. The molecule has 3 aromatic rings. The average molecular weight is 320 g/mol. The van der Waals surface area contributed by atoms with Crippen molar-refractivity contribution in [1.29, 1.82) is 0 Å². The normalized spacial score (nSPS) is 10.2. The monoisotopic (exact) mass is 320 g/mol. The third kappa shape index (κ3) is 3.46. The van der Waals surface area contributed by atoms with E-state index in [0.29, 0.717) is 34.4 Å². The molecule has 2 aromatic heterocycles. The van der Waals surface area contributed by atoms with E-state index >= 15 is 0 Å². The molecule has 0 fully saturated rings. The molecule has 4 N–H and O–H groups in total. The van der Waals surface area contributed by atoms with E-state index in [1.807, 2.05) is 18.2 Å². The number of pyridine rings is 1. The second-order valence-electron chi connectivity index (χ2n) is 5.01. The fourth-order valence-electron chi connectivity index (χ4n) is 2.14. The highest BCUT2D eigenvalue weighted by Gasteiger charge is 2.11. The van der Waals surface area contributed by atoms with Crippen LogP contribution in [-0.4, -0.2) is 27.9 Å². The minimum Gasteiger partial charge on any atom is -0.399 e. The minimum atomic E-state index is -0.296. The van der Waals surface area contributed by atoms with E-state index in [9.17, 15) is 4.79 Å². The fraction of sp³-hybridized carbons (Fsp3) is 0.0588. The van der Waals surface area contributed by atoms with Gasteiger partial charge in [0.25, 0.3) is 5.91 Å². The molecule has 0 saturated carbocycles. The largest absolute Gasteiger partial charge is 0.399 e. The van der Waals surface area contributed by atoms with Gasteiger partial charge in [0.15, 0.2) is 0 Å². The lowest BCUT2D eigenvalue weighted by Gasteiger charge is -2.09. The van der Waals surface area contributed by atoms with E-state index < -0.39 is 0 Å². The van der Waals surface area contributed by atoms with Crippen molar-refractivity contribution in [3.63, 3.8) is 0 Å². The first-order chi connectivity index (χ1) is 11.7. The Morgan fingerprint density at radius 1 is 1.04 bits per heavy atom. The van der Waals surface area contributed by atoms with E-state index in [-0.39, 0.29) is 5.91 Å². The Labute approximate surface area is 139 Å². The molecule has 1 amide bonds. The number of benzene rings is 1. The summed E-state index contributed by atoms with van der Waals surface area (Å²) in [6.45, 7) is 0. The summed E-state index contributed by atoms with van der Waals surface area (Å²) < 4.78 is 0. The van der Waals surface area contributed by atoms with Gasteiger partial charge in [-0.2, -0.15) is 4.98 Å². The summed E-state index contributed by atoms with van der Waals surface area (Å²) in [5.74, 6) is 0.471. The predicted molar refractivity (Wildman–Crippen MR) is 93.6 cm³/mol. The van der Waals surface area contributed by atoms with Crippen LogP contribution in [0.3, 0.4) is 0 Å². The van der Waals surface area contributed by atoms with Crippen LogP contribution in [0.2, 0.25) is 0 Å². The molecule has 24 heavy (non-hydrogen) atoms. The third-order valence-electron chi connectivity index (χ3n) is 3.27. The number of rotatable bonds is 4. The zero-order valence-electron chi connectivity index (χ0n) is 13.0. The number of nitrogens with two attached hydrogens (primary N) is 1. The zero-order chi connectivity index (χ0) is 16.9. The van der Waals surface area contributed by atoms with Crippen LogP contribution in [0.25, 0.3) is 11.4 Å². The maximum absolute atomic E-state index is 12.4. The lowest BCUT2D eigenvalue weighted by molar-refractivity contribution is 0.102. The maximum Gasteiger partial charge on any atom is 0.256 e. The van der Waals surface area contributed by atoms with Crippen molar-refractivity contribution >= 4 is 23.4 Å². The van der Waals surface area contributed by atoms with Crippen LogP contribution >= 0.6 is 0 Å². The summed E-state index contributed by atoms with van der Waals surface area (Å²) in [5.41, 5.74) is 7.99. The third-order valence-corrected chi connectivity index (χ3v) is 3.27. The quantitative estimate of drug-likeness (QED) is 0.637. The molecule has 0 aliphatic carbocycles. The molecule has 120 valence electrons. The van der Waals surface area contributed by atoms with Gasteiger partial charge in [-0.1, -0.05) is 12.1 Å². The van der Waals surface area contributed by atoms with Crippen molar-refractivity contribution in [3.8, 4) is 11.4 Å². The molecule has 3 rings (SSSR count). The van der Waals surface area contributed by atoms with Gasteiger partial charge in [-0.25, -0.2) is 4.98 Å². The van der Waals surface area contributed by atoms with E-state index in [1.165, 1.54) is 0 Å². The van der Waals surface area contributed by atoms with Gasteiger partial charge in [-0.3, -0.25) is 9.78 Å². The Kier molecular flexibility index (Phi) is 4.33. The van der Waals surface area contributed by atoms with Crippen LogP contribution in [0.4, 0.5) is 17.5 Å². The molecule has 0 bridgehead atoms. The van der Waals surface area contributed by atoms with Crippen molar-refractivity contribution in [2.45, 2.75) is 0 Å². The van der Waals surface area contributed by atoms with Crippen molar-refractivity contribution in [2.75, 3.05) is 23.4 Å². The molecule has 0 aliphatic heterocycles. The Morgan fingerprint density at radius 2 is 1.92 bits per heavy atom. The van der Waals surface area contributed by atoms with Gasteiger partial charge in [-0.15, -0.1) is 0 Å².